The summed E-state index contributed by atoms with van der Waals surface area (Å²) in [6.45, 7) is 1.72. The normalized spacial score (nSPS) is 11.1. The number of carbonyl (C=O) groups is 1. The molecule has 0 aliphatic rings. The molecule has 0 fully saturated rings. The first-order valence-corrected chi connectivity index (χ1v) is 10.7. The Balaban J connectivity index is 2.10. The monoisotopic (exact) mass is 490 g/mol. The van der Waals surface area contributed by atoms with Gasteiger partial charge in [0, 0.05) is 34.3 Å². The average Bonchev–Trinajstić information content (AvgIpc) is 3.09. The first kappa shape index (κ1) is 23.0. The molecular weight excluding hydrogens is 473 g/mol. The van der Waals surface area contributed by atoms with Crippen LogP contribution in [0.25, 0.3) is 22.0 Å². The maximum Gasteiger partial charge on any atom is 0.355 e. The first-order valence-electron chi connectivity index (χ1n) is 9.97. The zero-order valence-corrected chi connectivity index (χ0v) is 19.2. The van der Waals surface area contributed by atoms with Crippen LogP contribution in [0.3, 0.4) is 0 Å². The van der Waals surface area contributed by atoms with Gasteiger partial charge in [-0.1, -0.05) is 29.3 Å². The van der Waals surface area contributed by atoms with E-state index in [-0.39, 0.29) is 40.3 Å². The van der Waals surface area contributed by atoms with Crippen molar-refractivity contribution in [3.05, 3.63) is 81.6 Å². The van der Waals surface area contributed by atoms with E-state index in [0.29, 0.717) is 22.0 Å². The molecule has 0 aliphatic heterocycles. The predicted molar refractivity (Wildman–Crippen MR) is 123 cm³/mol. The zero-order chi connectivity index (χ0) is 23.7. The number of carbonyl (C=O) groups excluding carboxylic acids is 1. The molecule has 0 amide bonds. The van der Waals surface area contributed by atoms with E-state index in [2.05, 4.69) is 4.98 Å². The summed E-state index contributed by atoms with van der Waals surface area (Å²) in [5, 5.41) is 1.10. The van der Waals surface area contributed by atoms with Crippen LogP contribution in [0, 0.1) is 11.6 Å². The number of ether oxygens (including phenoxy) is 2. The topological polar surface area (TPSA) is 53.4 Å². The number of halogens is 4. The summed E-state index contributed by atoms with van der Waals surface area (Å²) in [7, 11) is 1.47. The smallest absolute Gasteiger partial charge is 0.355 e. The fourth-order valence-electron chi connectivity index (χ4n) is 3.76. The molecule has 2 aromatic carbocycles. The van der Waals surface area contributed by atoms with Crippen LogP contribution < -0.4 is 4.74 Å². The van der Waals surface area contributed by atoms with Gasteiger partial charge in [0.15, 0.2) is 0 Å². The lowest BCUT2D eigenvalue weighted by Gasteiger charge is -2.13. The fourth-order valence-corrected chi connectivity index (χ4v) is 4.08. The van der Waals surface area contributed by atoms with Gasteiger partial charge in [0.1, 0.15) is 17.3 Å². The van der Waals surface area contributed by atoms with Gasteiger partial charge in [-0.2, -0.15) is 0 Å². The highest BCUT2D eigenvalue weighted by atomic mass is 35.5. The minimum absolute atomic E-state index is 0.0860. The Kier molecular flexibility index (Phi) is 6.54. The Hall–Kier alpha value is -3.16. The van der Waals surface area contributed by atoms with Crippen molar-refractivity contribution in [1.29, 1.82) is 0 Å². The lowest BCUT2D eigenvalue weighted by atomic mass is 10.0. The van der Waals surface area contributed by atoms with Crippen LogP contribution in [0.4, 0.5) is 8.78 Å². The van der Waals surface area contributed by atoms with Crippen molar-refractivity contribution in [1.82, 2.24) is 9.55 Å². The van der Waals surface area contributed by atoms with Gasteiger partial charge in [0.2, 0.25) is 5.88 Å². The van der Waals surface area contributed by atoms with Gasteiger partial charge in [-0.3, -0.25) is 0 Å². The molecule has 0 N–H and O–H groups in total. The average molecular weight is 491 g/mol. The number of rotatable bonds is 6. The van der Waals surface area contributed by atoms with E-state index in [0.717, 1.165) is 12.1 Å². The van der Waals surface area contributed by atoms with Crippen LogP contribution in [0.15, 0.2) is 48.7 Å². The summed E-state index contributed by atoms with van der Waals surface area (Å²) in [6.07, 6.45) is 1.56. The molecule has 0 spiro atoms. The number of esters is 1. The van der Waals surface area contributed by atoms with Gasteiger partial charge in [0.25, 0.3) is 0 Å². The Morgan fingerprint density at radius 2 is 1.88 bits per heavy atom. The number of aromatic nitrogens is 2. The van der Waals surface area contributed by atoms with E-state index in [1.165, 1.54) is 13.2 Å². The predicted octanol–water partition coefficient (Wildman–Crippen LogP) is 6.52. The highest BCUT2D eigenvalue weighted by molar-refractivity contribution is 6.43. The number of methoxy groups -OCH3 is 1. The second-order valence-electron chi connectivity index (χ2n) is 7.11. The summed E-state index contributed by atoms with van der Waals surface area (Å²) >= 11 is 12.6. The van der Waals surface area contributed by atoms with Crippen LogP contribution >= 0.6 is 23.2 Å². The summed E-state index contributed by atoms with van der Waals surface area (Å²) in [5.74, 6) is -1.80. The van der Waals surface area contributed by atoms with Gasteiger partial charge >= 0.3 is 5.97 Å². The van der Waals surface area contributed by atoms with Crippen molar-refractivity contribution in [2.24, 2.45) is 0 Å². The molecule has 4 aromatic rings. The number of hydrogen-bond donors (Lipinski definition) is 0. The molecule has 0 aliphatic carbocycles. The molecule has 0 radical (unpaired) electrons. The Labute approximate surface area is 198 Å². The molecule has 0 bridgehead atoms. The maximum absolute atomic E-state index is 14.6. The Morgan fingerprint density at radius 3 is 2.58 bits per heavy atom. The van der Waals surface area contributed by atoms with E-state index >= 15 is 0 Å². The van der Waals surface area contributed by atoms with E-state index in [1.54, 1.807) is 42.0 Å². The highest BCUT2D eigenvalue weighted by Gasteiger charge is 2.28. The third-order valence-corrected chi connectivity index (χ3v) is 5.87. The summed E-state index contributed by atoms with van der Waals surface area (Å²) in [4.78, 5) is 17.4. The van der Waals surface area contributed by atoms with Gasteiger partial charge in [-0.05, 0) is 37.3 Å². The molecule has 2 heterocycles. The maximum atomic E-state index is 14.6. The molecule has 2 aromatic heterocycles. The van der Waals surface area contributed by atoms with Crippen LogP contribution in [-0.4, -0.2) is 29.2 Å². The molecule has 9 heteroatoms. The second-order valence-corrected chi connectivity index (χ2v) is 7.92. The number of fused-ring (bicyclic) bond motifs is 1. The van der Waals surface area contributed by atoms with E-state index in [9.17, 15) is 13.6 Å². The molecule has 33 heavy (non-hydrogen) atoms. The number of nitrogens with zero attached hydrogens (tertiary/aromatic N) is 2. The van der Waals surface area contributed by atoms with Crippen LogP contribution in [-0.2, 0) is 11.3 Å². The van der Waals surface area contributed by atoms with Crippen LogP contribution in [0.5, 0.6) is 5.88 Å². The summed E-state index contributed by atoms with van der Waals surface area (Å²) < 4.78 is 40.4. The van der Waals surface area contributed by atoms with Crippen molar-refractivity contribution in [2.75, 3.05) is 13.7 Å². The molecule has 0 saturated heterocycles. The van der Waals surface area contributed by atoms with Crippen LogP contribution in [0.1, 0.15) is 23.0 Å². The number of hydrogen-bond acceptors (Lipinski definition) is 4. The van der Waals surface area contributed by atoms with Gasteiger partial charge in [0.05, 0.1) is 35.8 Å². The SMILES string of the molecule is CCOC(=O)c1c(-c2cccnc2OC)c2cc(Cl)c(Cl)cc2n1Cc1ccc(F)cc1F. The lowest BCUT2D eigenvalue weighted by Crippen LogP contribution is -2.15. The third kappa shape index (κ3) is 4.26. The van der Waals surface area contributed by atoms with Crippen molar-refractivity contribution < 1.29 is 23.0 Å². The summed E-state index contributed by atoms with van der Waals surface area (Å²) in [6, 6.07) is 9.94. The van der Waals surface area contributed by atoms with E-state index < -0.39 is 17.6 Å². The second kappa shape index (κ2) is 9.37. The minimum atomic E-state index is -0.743. The highest BCUT2D eigenvalue weighted by Crippen LogP contribution is 2.42. The standard InChI is InChI=1S/C24H18Cl2F2N2O3/c1-3-33-24(31)22-21(15-5-4-8-29-23(15)32-2)16-10-17(25)18(26)11-20(16)30(22)12-13-6-7-14(27)9-19(13)28/h4-11H,3,12H2,1-2H3. The van der Waals surface area contributed by atoms with Crippen molar-refractivity contribution in [3.8, 4) is 17.0 Å². The van der Waals surface area contributed by atoms with Gasteiger partial charge in [-0.15, -0.1) is 0 Å². The van der Waals surface area contributed by atoms with Crippen molar-refractivity contribution >= 4 is 40.1 Å². The Morgan fingerprint density at radius 1 is 1.12 bits per heavy atom. The molecule has 170 valence electrons. The van der Waals surface area contributed by atoms with Gasteiger partial charge < -0.3 is 14.0 Å². The van der Waals surface area contributed by atoms with Gasteiger partial charge in [-0.25, -0.2) is 18.6 Å². The zero-order valence-electron chi connectivity index (χ0n) is 17.7. The quantitative estimate of drug-likeness (QED) is 0.288. The van der Waals surface area contributed by atoms with E-state index in [1.807, 2.05) is 0 Å². The third-order valence-electron chi connectivity index (χ3n) is 5.15. The number of benzene rings is 2. The van der Waals surface area contributed by atoms with E-state index in [4.69, 9.17) is 32.7 Å². The molecular formula is C24H18Cl2F2N2O3. The first-order chi connectivity index (χ1) is 15.8. The molecule has 0 atom stereocenters. The lowest BCUT2D eigenvalue weighted by molar-refractivity contribution is 0.0516. The number of pyridine rings is 1. The van der Waals surface area contributed by atoms with Crippen molar-refractivity contribution in [2.45, 2.75) is 13.5 Å². The van der Waals surface area contributed by atoms with Crippen molar-refractivity contribution in [3.63, 3.8) is 0 Å². The molecule has 0 unspecified atom stereocenters. The minimum Gasteiger partial charge on any atom is -0.481 e. The fraction of sp³-hybridized carbons (Fsp3) is 0.167. The summed E-state index contributed by atoms with van der Waals surface area (Å²) in [5.41, 5.74) is 1.80. The molecule has 5 nitrogen and oxygen atoms in total. The van der Waals surface area contributed by atoms with Crippen LogP contribution in [0.2, 0.25) is 10.0 Å². The largest absolute Gasteiger partial charge is 0.481 e. The molecule has 4 rings (SSSR count). The molecule has 0 saturated carbocycles. The Bertz CT molecular complexity index is 1370.